The Morgan fingerprint density at radius 1 is 1.28 bits per heavy atom. The molecule has 2 amide bonds. The van der Waals surface area contributed by atoms with Gasteiger partial charge in [-0.25, -0.2) is 9.59 Å². The Balaban J connectivity index is 4.73. The maximum Gasteiger partial charge on any atom is 0.326 e. The number of hydrogen-bond donors (Lipinski definition) is 2. The Hall–Kier alpha value is -1.26. The van der Waals surface area contributed by atoms with Crippen molar-refractivity contribution in [1.82, 2.24) is 10.2 Å². The van der Waals surface area contributed by atoms with Gasteiger partial charge in [-0.05, 0) is 18.3 Å². The summed E-state index contributed by atoms with van der Waals surface area (Å²) in [4.78, 5) is 24.8. The molecule has 0 saturated carbocycles. The molecule has 5 nitrogen and oxygen atoms in total. The Labute approximate surface area is 110 Å². The molecular weight excluding hydrogens is 232 g/mol. The lowest BCUT2D eigenvalue weighted by molar-refractivity contribution is -0.142. The Kier molecular flexibility index (Phi) is 6.15. The summed E-state index contributed by atoms with van der Waals surface area (Å²) < 4.78 is 0. The number of amides is 2. The zero-order chi connectivity index (χ0) is 14.5. The van der Waals surface area contributed by atoms with Crippen LogP contribution in [0.2, 0.25) is 0 Å². The molecule has 0 radical (unpaired) electrons. The topological polar surface area (TPSA) is 69.6 Å². The number of carbonyl (C=O) groups excluding carboxylic acids is 1. The zero-order valence-electron chi connectivity index (χ0n) is 12.3. The maximum absolute atomic E-state index is 12.0. The van der Waals surface area contributed by atoms with Crippen molar-refractivity contribution in [2.45, 2.75) is 47.6 Å². The lowest BCUT2D eigenvalue weighted by Crippen LogP contribution is -2.53. The monoisotopic (exact) mass is 258 g/mol. The van der Waals surface area contributed by atoms with Gasteiger partial charge in [0.1, 0.15) is 6.04 Å². The summed E-state index contributed by atoms with van der Waals surface area (Å²) in [6.45, 7) is 12.5. The second kappa shape index (κ2) is 6.61. The molecule has 0 bridgehead atoms. The van der Waals surface area contributed by atoms with Gasteiger partial charge in [-0.1, -0.05) is 34.6 Å². The number of carbonyl (C=O) groups is 2. The normalized spacial score (nSPS) is 13.3. The summed E-state index contributed by atoms with van der Waals surface area (Å²) in [5, 5.41) is 11.8. The summed E-state index contributed by atoms with van der Waals surface area (Å²) in [6, 6.07) is -1.19. The molecule has 5 heteroatoms. The molecule has 1 atom stereocenters. The lowest BCUT2D eigenvalue weighted by Gasteiger charge is -2.31. The van der Waals surface area contributed by atoms with E-state index >= 15 is 0 Å². The smallest absolute Gasteiger partial charge is 0.326 e. The van der Waals surface area contributed by atoms with Crippen LogP contribution in [0.1, 0.15) is 41.5 Å². The van der Waals surface area contributed by atoms with E-state index in [4.69, 9.17) is 5.11 Å². The van der Waals surface area contributed by atoms with E-state index < -0.39 is 17.4 Å². The van der Waals surface area contributed by atoms with E-state index in [1.54, 1.807) is 25.7 Å². The number of hydrogen-bond acceptors (Lipinski definition) is 2. The average Bonchev–Trinajstić information content (AvgIpc) is 2.19. The molecule has 0 fully saturated rings. The molecule has 0 aliphatic rings. The first-order valence-electron chi connectivity index (χ1n) is 6.37. The predicted octanol–water partition coefficient (Wildman–Crippen LogP) is 2.17. The molecule has 0 rings (SSSR count). The molecule has 0 saturated heterocycles. The number of urea groups is 1. The molecule has 0 aromatic heterocycles. The number of nitrogens with zero attached hydrogens (tertiary/aromatic N) is 1. The van der Waals surface area contributed by atoms with Crippen molar-refractivity contribution in [2.75, 3.05) is 13.1 Å². The first kappa shape index (κ1) is 16.7. The van der Waals surface area contributed by atoms with E-state index in [1.807, 2.05) is 20.8 Å². The Morgan fingerprint density at radius 3 is 2.06 bits per heavy atom. The van der Waals surface area contributed by atoms with E-state index in [1.165, 1.54) is 0 Å². The zero-order valence-corrected chi connectivity index (χ0v) is 12.3. The Morgan fingerprint density at radius 2 is 1.78 bits per heavy atom. The minimum atomic E-state index is -1.00. The van der Waals surface area contributed by atoms with Gasteiger partial charge in [-0.15, -0.1) is 0 Å². The number of nitrogens with one attached hydrogen (secondary N) is 1. The lowest BCUT2D eigenvalue weighted by atomic mass is 9.87. The number of carboxylic acid groups (broad SMARTS) is 1. The first-order valence-corrected chi connectivity index (χ1v) is 6.37. The summed E-state index contributed by atoms with van der Waals surface area (Å²) in [5.74, 6) is -0.648. The third-order valence-electron chi connectivity index (χ3n) is 2.64. The molecule has 0 unspecified atom stereocenters. The number of aliphatic carboxylic acids is 1. The number of rotatable bonds is 5. The van der Waals surface area contributed by atoms with E-state index in [0.717, 1.165) is 0 Å². The van der Waals surface area contributed by atoms with Crippen molar-refractivity contribution in [3.8, 4) is 0 Å². The third-order valence-corrected chi connectivity index (χ3v) is 2.64. The molecule has 2 N–H and O–H groups in total. The largest absolute Gasteiger partial charge is 0.480 e. The summed E-state index contributed by atoms with van der Waals surface area (Å²) in [5.41, 5.74) is -0.515. The highest BCUT2D eigenvalue weighted by Gasteiger charge is 2.33. The summed E-state index contributed by atoms with van der Waals surface area (Å²) >= 11 is 0. The fraction of sp³-hybridized carbons (Fsp3) is 0.846. The molecule has 18 heavy (non-hydrogen) atoms. The van der Waals surface area contributed by atoms with Gasteiger partial charge in [-0.2, -0.15) is 0 Å². The highest BCUT2D eigenvalue weighted by molar-refractivity contribution is 5.83. The third kappa shape index (κ3) is 5.38. The molecule has 0 aromatic rings. The molecule has 0 heterocycles. The minimum absolute atomic E-state index is 0.312. The van der Waals surface area contributed by atoms with E-state index in [2.05, 4.69) is 5.32 Å². The fourth-order valence-corrected chi connectivity index (χ4v) is 1.66. The van der Waals surface area contributed by atoms with Gasteiger partial charge in [0.15, 0.2) is 0 Å². The van der Waals surface area contributed by atoms with Crippen LogP contribution in [0.25, 0.3) is 0 Å². The van der Waals surface area contributed by atoms with Crippen molar-refractivity contribution in [3.05, 3.63) is 0 Å². The van der Waals surface area contributed by atoms with Crippen LogP contribution in [0, 0.1) is 11.3 Å². The number of carboxylic acids is 1. The molecule has 0 aromatic carbocycles. The molecule has 106 valence electrons. The van der Waals surface area contributed by atoms with Crippen LogP contribution in [0.4, 0.5) is 4.79 Å². The quantitative estimate of drug-likeness (QED) is 0.794. The van der Waals surface area contributed by atoms with E-state index in [9.17, 15) is 9.59 Å². The standard InChI is InChI=1S/C13H26N2O3/c1-7-15(8-9(2)3)12(18)14-10(11(16)17)13(4,5)6/h9-10H,7-8H2,1-6H3,(H,14,18)(H,16,17)/t10-/m0/s1. The van der Waals surface area contributed by atoms with Crippen LogP contribution in [0.3, 0.4) is 0 Å². The fourth-order valence-electron chi connectivity index (χ4n) is 1.66. The van der Waals surface area contributed by atoms with Crippen molar-refractivity contribution < 1.29 is 14.7 Å². The average molecular weight is 258 g/mol. The minimum Gasteiger partial charge on any atom is -0.480 e. The van der Waals surface area contributed by atoms with Crippen molar-refractivity contribution in [2.24, 2.45) is 11.3 Å². The van der Waals surface area contributed by atoms with Crippen molar-refractivity contribution in [1.29, 1.82) is 0 Å². The highest BCUT2D eigenvalue weighted by Crippen LogP contribution is 2.19. The molecule has 0 aliphatic carbocycles. The van der Waals surface area contributed by atoms with Crippen molar-refractivity contribution in [3.63, 3.8) is 0 Å². The van der Waals surface area contributed by atoms with Crippen molar-refractivity contribution >= 4 is 12.0 Å². The van der Waals surface area contributed by atoms with Gasteiger partial charge in [0.05, 0.1) is 0 Å². The highest BCUT2D eigenvalue weighted by atomic mass is 16.4. The van der Waals surface area contributed by atoms with Crippen LogP contribution in [-0.2, 0) is 4.79 Å². The van der Waals surface area contributed by atoms with Gasteiger partial charge in [0.25, 0.3) is 0 Å². The van der Waals surface area contributed by atoms with Crippen LogP contribution < -0.4 is 5.32 Å². The second-order valence-electron chi connectivity index (χ2n) is 6.02. The summed E-state index contributed by atoms with van der Waals surface area (Å²) in [6.07, 6.45) is 0. The molecule has 0 spiro atoms. The Bertz CT molecular complexity index is 295. The predicted molar refractivity (Wildman–Crippen MR) is 71.5 cm³/mol. The van der Waals surface area contributed by atoms with E-state index in [0.29, 0.717) is 19.0 Å². The molecular formula is C13H26N2O3. The van der Waals surface area contributed by atoms with Gasteiger partial charge < -0.3 is 15.3 Å². The van der Waals surface area contributed by atoms with Crippen LogP contribution in [0.5, 0.6) is 0 Å². The maximum atomic E-state index is 12.0. The van der Waals surface area contributed by atoms with Crippen LogP contribution >= 0.6 is 0 Å². The van der Waals surface area contributed by atoms with Gasteiger partial charge >= 0.3 is 12.0 Å². The second-order valence-corrected chi connectivity index (χ2v) is 6.02. The summed E-state index contributed by atoms with van der Waals surface area (Å²) in [7, 11) is 0. The van der Waals surface area contributed by atoms with Gasteiger partial charge in [0, 0.05) is 13.1 Å². The van der Waals surface area contributed by atoms with Crippen LogP contribution in [-0.4, -0.2) is 41.1 Å². The van der Waals surface area contributed by atoms with Crippen LogP contribution in [0.15, 0.2) is 0 Å². The molecule has 0 aliphatic heterocycles. The van der Waals surface area contributed by atoms with E-state index in [-0.39, 0.29) is 6.03 Å². The first-order chi connectivity index (χ1) is 8.09. The van der Waals surface area contributed by atoms with Gasteiger partial charge in [0.2, 0.25) is 0 Å². The SMILES string of the molecule is CCN(CC(C)C)C(=O)N[C@@H](C(=O)O)C(C)(C)C. The van der Waals surface area contributed by atoms with Gasteiger partial charge in [-0.3, -0.25) is 0 Å².